The molecule has 0 bridgehead atoms. The lowest BCUT2D eigenvalue weighted by Gasteiger charge is -2.10. The molecule has 0 aliphatic heterocycles. The molecule has 4 nitrogen and oxygen atoms in total. The van der Waals surface area contributed by atoms with Crippen molar-refractivity contribution in [2.45, 2.75) is 46.0 Å². The number of aryl methyl sites for hydroxylation is 1. The van der Waals surface area contributed by atoms with Crippen LogP contribution >= 0.6 is 0 Å². The molecule has 2 aromatic rings. The molecule has 2 rings (SSSR count). The molecule has 1 aromatic carbocycles. The molecule has 0 fully saturated rings. The number of aromatic nitrogens is 3. The highest BCUT2D eigenvalue weighted by Gasteiger charge is 2.16. The Morgan fingerprint density at radius 3 is 2.50 bits per heavy atom. The molecule has 0 aliphatic rings. The van der Waals surface area contributed by atoms with E-state index in [9.17, 15) is 0 Å². The smallest absolute Gasteiger partial charge is 0.186 e. The molecule has 0 spiro atoms. The molecule has 0 saturated heterocycles. The zero-order chi connectivity index (χ0) is 14.5. The van der Waals surface area contributed by atoms with Gasteiger partial charge in [-0.1, -0.05) is 44.5 Å². The summed E-state index contributed by atoms with van der Waals surface area (Å²) in [6, 6.07) is 10.5. The Balaban J connectivity index is 2.32. The maximum absolute atomic E-state index is 9.10. The Morgan fingerprint density at radius 1 is 1.25 bits per heavy atom. The molecule has 0 amide bonds. The lowest BCUT2D eigenvalue weighted by atomic mass is 10.1. The van der Waals surface area contributed by atoms with Crippen molar-refractivity contribution in [1.29, 1.82) is 5.26 Å². The second-order valence-electron chi connectivity index (χ2n) is 5.27. The van der Waals surface area contributed by atoms with Crippen molar-refractivity contribution in [2.24, 2.45) is 0 Å². The van der Waals surface area contributed by atoms with Gasteiger partial charge in [0.25, 0.3) is 0 Å². The summed E-state index contributed by atoms with van der Waals surface area (Å²) in [5, 5.41) is 17.2. The van der Waals surface area contributed by atoms with E-state index in [-0.39, 0.29) is 5.92 Å². The van der Waals surface area contributed by atoms with E-state index in [0.717, 1.165) is 17.8 Å². The number of hydrogen-bond donors (Lipinski definition) is 0. The van der Waals surface area contributed by atoms with Gasteiger partial charge in [-0.15, -0.1) is 5.10 Å². The van der Waals surface area contributed by atoms with Crippen molar-refractivity contribution in [3.05, 3.63) is 41.2 Å². The van der Waals surface area contributed by atoms with Gasteiger partial charge in [0.05, 0.1) is 11.4 Å². The Labute approximate surface area is 120 Å². The minimum absolute atomic E-state index is 0.208. The van der Waals surface area contributed by atoms with Crippen molar-refractivity contribution in [3.8, 4) is 11.8 Å². The van der Waals surface area contributed by atoms with Gasteiger partial charge in [-0.05, 0) is 36.5 Å². The molecule has 4 heteroatoms. The average Bonchev–Trinajstić information content (AvgIpc) is 2.89. The zero-order valence-electron chi connectivity index (χ0n) is 12.3. The molecule has 0 unspecified atom stereocenters. The predicted octanol–water partition coefficient (Wildman–Crippen LogP) is 3.60. The highest BCUT2D eigenvalue weighted by molar-refractivity contribution is 5.39. The zero-order valence-corrected chi connectivity index (χ0v) is 12.3. The van der Waals surface area contributed by atoms with Crippen LogP contribution in [-0.4, -0.2) is 15.0 Å². The van der Waals surface area contributed by atoms with E-state index in [0.29, 0.717) is 5.69 Å². The number of benzene rings is 1. The minimum Gasteiger partial charge on any atom is -0.216 e. The van der Waals surface area contributed by atoms with Gasteiger partial charge in [0, 0.05) is 0 Å². The molecule has 0 radical (unpaired) electrons. The van der Waals surface area contributed by atoms with Crippen LogP contribution in [0.4, 0.5) is 0 Å². The molecular formula is C16H20N4. The fourth-order valence-corrected chi connectivity index (χ4v) is 2.26. The van der Waals surface area contributed by atoms with Gasteiger partial charge in [0.15, 0.2) is 5.69 Å². The number of hydrogen-bond acceptors (Lipinski definition) is 3. The quantitative estimate of drug-likeness (QED) is 0.832. The van der Waals surface area contributed by atoms with E-state index in [1.807, 2.05) is 26.0 Å². The first-order valence-corrected chi connectivity index (χ1v) is 7.12. The van der Waals surface area contributed by atoms with Crippen LogP contribution in [0.1, 0.15) is 56.5 Å². The molecule has 104 valence electrons. The molecule has 0 aliphatic carbocycles. The first-order valence-electron chi connectivity index (χ1n) is 7.12. The highest BCUT2D eigenvalue weighted by Crippen LogP contribution is 2.21. The lowest BCUT2D eigenvalue weighted by Crippen LogP contribution is -2.05. The summed E-state index contributed by atoms with van der Waals surface area (Å²) >= 11 is 0. The number of nitrogens with zero attached hydrogens (tertiary/aromatic N) is 4. The second kappa shape index (κ2) is 6.33. The fraction of sp³-hybridized carbons (Fsp3) is 0.438. The van der Waals surface area contributed by atoms with Crippen LogP contribution in [0.15, 0.2) is 24.3 Å². The third-order valence-corrected chi connectivity index (χ3v) is 3.36. The Bertz CT molecular complexity index is 602. The summed E-state index contributed by atoms with van der Waals surface area (Å²) < 4.78 is 1.77. The average molecular weight is 268 g/mol. The third-order valence-electron chi connectivity index (χ3n) is 3.36. The van der Waals surface area contributed by atoms with E-state index in [1.54, 1.807) is 4.68 Å². The van der Waals surface area contributed by atoms with Gasteiger partial charge in [0.1, 0.15) is 6.07 Å². The van der Waals surface area contributed by atoms with E-state index in [4.69, 9.17) is 5.26 Å². The third kappa shape index (κ3) is 2.88. The van der Waals surface area contributed by atoms with E-state index >= 15 is 0 Å². The largest absolute Gasteiger partial charge is 0.216 e. The van der Waals surface area contributed by atoms with Crippen molar-refractivity contribution in [2.75, 3.05) is 0 Å². The van der Waals surface area contributed by atoms with Crippen molar-refractivity contribution in [1.82, 2.24) is 15.0 Å². The van der Waals surface area contributed by atoms with Crippen molar-refractivity contribution in [3.63, 3.8) is 0 Å². The first-order chi connectivity index (χ1) is 9.67. The Kier molecular flexibility index (Phi) is 4.52. The summed E-state index contributed by atoms with van der Waals surface area (Å²) in [6.45, 7) is 6.29. The Morgan fingerprint density at radius 2 is 1.95 bits per heavy atom. The summed E-state index contributed by atoms with van der Waals surface area (Å²) in [7, 11) is 0. The van der Waals surface area contributed by atoms with E-state index < -0.39 is 0 Å². The summed E-state index contributed by atoms with van der Waals surface area (Å²) in [5.74, 6) is 0.208. The number of unbranched alkanes of at least 4 members (excludes halogenated alkanes) is 1. The van der Waals surface area contributed by atoms with Crippen molar-refractivity contribution >= 4 is 0 Å². The van der Waals surface area contributed by atoms with E-state index in [1.165, 1.54) is 18.4 Å². The minimum atomic E-state index is 0.208. The van der Waals surface area contributed by atoms with Crippen LogP contribution in [0, 0.1) is 11.3 Å². The normalized spacial score (nSPS) is 10.8. The fourth-order valence-electron chi connectivity index (χ4n) is 2.26. The van der Waals surface area contributed by atoms with Crippen LogP contribution in [0.3, 0.4) is 0 Å². The molecule has 20 heavy (non-hydrogen) atoms. The van der Waals surface area contributed by atoms with Gasteiger partial charge in [-0.2, -0.15) is 5.26 Å². The lowest BCUT2D eigenvalue weighted by molar-refractivity contribution is 0.714. The van der Waals surface area contributed by atoms with Gasteiger partial charge in [0.2, 0.25) is 0 Å². The standard InChI is InChI=1S/C16H20N4/c1-4-5-6-13-7-9-14(10-8-13)20-16(12(2)3)15(11-17)18-19-20/h7-10,12H,4-6H2,1-3H3. The van der Waals surface area contributed by atoms with Crippen molar-refractivity contribution < 1.29 is 0 Å². The predicted molar refractivity (Wildman–Crippen MR) is 78.8 cm³/mol. The molecule has 0 saturated carbocycles. The topological polar surface area (TPSA) is 54.5 Å². The summed E-state index contributed by atoms with van der Waals surface area (Å²) in [6.07, 6.45) is 3.51. The van der Waals surface area contributed by atoms with Crippen LogP contribution in [-0.2, 0) is 6.42 Å². The van der Waals surface area contributed by atoms with E-state index in [2.05, 4.69) is 35.4 Å². The van der Waals surface area contributed by atoms with Gasteiger partial charge < -0.3 is 0 Å². The number of rotatable bonds is 5. The highest BCUT2D eigenvalue weighted by atomic mass is 15.4. The van der Waals surface area contributed by atoms with Gasteiger partial charge in [-0.3, -0.25) is 0 Å². The molecule has 1 aromatic heterocycles. The SMILES string of the molecule is CCCCc1ccc(-n2nnc(C#N)c2C(C)C)cc1. The monoisotopic (exact) mass is 268 g/mol. The maximum Gasteiger partial charge on any atom is 0.186 e. The van der Waals surface area contributed by atoms with Gasteiger partial charge >= 0.3 is 0 Å². The molecule has 1 heterocycles. The van der Waals surface area contributed by atoms with Crippen LogP contribution < -0.4 is 0 Å². The summed E-state index contributed by atoms with van der Waals surface area (Å²) in [4.78, 5) is 0. The van der Waals surface area contributed by atoms with Crippen LogP contribution in [0.2, 0.25) is 0 Å². The molecular weight excluding hydrogens is 248 g/mol. The number of nitriles is 1. The molecule has 0 atom stereocenters. The van der Waals surface area contributed by atoms with Crippen LogP contribution in [0.25, 0.3) is 5.69 Å². The Hall–Kier alpha value is -2.15. The second-order valence-corrected chi connectivity index (χ2v) is 5.27. The molecule has 0 N–H and O–H groups in total. The van der Waals surface area contributed by atoms with Crippen LogP contribution in [0.5, 0.6) is 0 Å². The summed E-state index contributed by atoms with van der Waals surface area (Å²) in [5.41, 5.74) is 3.58. The maximum atomic E-state index is 9.10. The van der Waals surface area contributed by atoms with Gasteiger partial charge in [-0.25, -0.2) is 4.68 Å². The first kappa shape index (κ1) is 14.3.